The van der Waals surface area contributed by atoms with E-state index in [0.717, 1.165) is 47.4 Å². The number of fused-ring (bicyclic) bond motifs is 3. The smallest absolute Gasteiger partial charge is 0.256 e. The van der Waals surface area contributed by atoms with E-state index < -0.39 is 0 Å². The number of rotatable bonds is 7. The largest absolute Gasteiger partial charge is 0.495 e. The molecule has 0 unspecified atom stereocenters. The molecular weight excluding hydrogens is 390 g/mol. The molecule has 2 aromatic carbocycles. The Morgan fingerprint density at radius 3 is 2.84 bits per heavy atom. The Morgan fingerprint density at radius 1 is 1.13 bits per heavy atom. The van der Waals surface area contributed by atoms with Crippen LogP contribution >= 0.6 is 0 Å². The van der Waals surface area contributed by atoms with Gasteiger partial charge in [0.1, 0.15) is 11.3 Å². The van der Waals surface area contributed by atoms with Gasteiger partial charge < -0.3 is 25.3 Å². The summed E-state index contributed by atoms with van der Waals surface area (Å²) >= 11 is 0. The highest BCUT2D eigenvalue weighted by molar-refractivity contribution is 6.37. The van der Waals surface area contributed by atoms with Crippen LogP contribution in [0.15, 0.2) is 54.7 Å². The van der Waals surface area contributed by atoms with Gasteiger partial charge in [0.2, 0.25) is 5.95 Å². The van der Waals surface area contributed by atoms with E-state index in [-0.39, 0.29) is 5.91 Å². The molecule has 0 saturated carbocycles. The standard InChI is InChI=1S/C24H23N5O2/c1-31-20-11-13-25-19(20)14-16-21-17(27-23(16)30)9-10-18-22(21)29-24(28-18)26-12-5-8-15-6-3-2-4-7-15/h2-4,6-7,9-11,13-14,25H,5,8,12H2,1H3,(H,27,30)(H2,26,28,29). The number of nitrogens with one attached hydrogen (secondary N) is 4. The third-order valence-electron chi connectivity index (χ3n) is 5.44. The van der Waals surface area contributed by atoms with Crippen LogP contribution in [0.2, 0.25) is 0 Å². The molecule has 2 aromatic heterocycles. The Kier molecular flexibility index (Phi) is 4.92. The third kappa shape index (κ3) is 3.66. The molecule has 1 aliphatic rings. The number of anilines is 2. The van der Waals surface area contributed by atoms with E-state index in [1.807, 2.05) is 24.3 Å². The van der Waals surface area contributed by atoms with Gasteiger partial charge in [-0.05, 0) is 42.7 Å². The van der Waals surface area contributed by atoms with Crippen LogP contribution in [-0.2, 0) is 11.2 Å². The fourth-order valence-electron chi connectivity index (χ4n) is 3.92. The number of carbonyl (C=O) groups is 1. The second-order valence-corrected chi connectivity index (χ2v) is 7.46. The first-order chi connectivity index (χ1) is 15.2. The summed E-state index contributed by atoms with van der Waals surface area (Å²) in [7, 11) is 1.61. The van der Waals surface area contributed by atoms with Crippen molar-refractivity contribution in [2.75, 3.05) is 24.3 Å². The molecule has 7 heteroatoms. The molecule has 0 bridgehead atoms. The number of ether oxygens (including phenoxy) is 1. The number of nitrogens with zero attached hydrogens (tertiary/aromatic N) is 1. The van der Waals surface area contributed by atoms with Gasteiger partial charge in [0.05, 0.1) is 29.6 Å². The zero-order chi connectivity index (χ0) is 21.2. The van der Waals surface area contributed by atoms with Crippen LogP contribution in [0.5, 0.6) is 5.75 Å². The minimum Gasteiger partial charge on any atom is -0.495 e. The van der Waals surface area contributed by atoms with Gasteiger partial charge in [-0.2, -0.15) is 0 Å². The first-order valence-electron chi connectivity index (χ1n) is 10.3. The molecule has 0 fully saturated rings. The van der Waals surface area contributed by atoms with Gasteiger partial charge in [0.15, 0.2) is 0 Å². The lowest BCUT2D eigenvalue weighted by Crippen LogP contribution is -2.04. The third-order valence-corrected chi connectivity index (χ3v) is 5.44. The number of benzene rings is 2. The van der Waals surface area contributed by atoms with Crippen LogP contribution in [0.1, 0.15) is 23.2 Å². The van der Waals surface area contributed by atoms with Crippen molar-refractivity contribution in [3.63, 3.8) is 0 Å². The summed E-state index contributed by atoms with van der Waals surface area (Å²) in [5, 5.41) is 6.30. The maximum atomic E-state index is 12.7. The molecule has 3 heterocycles. The first kappa shape index (κ1) is 19.0. The van der Waals surface area contributed by atoms with Crippen molar-refractivity contribution in [3.8, 4) is 5.75 Å². The lowest BCUT2D eigenvalue weighted by Gasteiger charge is -2.03. The Bertz CT molecular complexity index is 1270. The van der Waals surface area contributed by atoms with Crippen molar-refractivity contribution in [1.82, 2.24) is 15.0 Å². The van der Waals surface area contributed by atoms with Crippen LogP contribution in [0.25, 0.3) is 22.7 Å². The number of hydrogen-bond donors (Lipinski definition) is 4. The number of imidazole rings is 1. The molecule has 0 atom stereocenters. The Labute approximate surface area is 179 Å². The summed E-state index contributed by atoms with van der Waals surface area (Å²) in [5.74, 6) is 1.23. The lowest BCUT2D eigenvalue weighted by molar-refractivity contribution is -0.110. The number of carbonyl (C=O) groups excluding carboxylic acids is 1. The highest BCUT2D eigenvalue weighted by Gasteiger charge is 2.28. The van der Waals surface area contributed by atoms with Crippen molar-refractivity contribution < 1.29 is 9.53 Å². The van der Waals surface area contributed by atoms with Gasteiger partial charge in [-0.3, -0.25) is 4.79 Å². The summed E-state index contributed by atoms with van der Waals surface area (Å²) in [6.07, 6.45) is 5.59. The average Bonchev–Trinajstić information content (AvgIpc) is 3.49. The molecule has 0 aliphatic carbocycles. The predicted octanol–water partition coefficient (Wildman–Crippen LogP) is 4.44. The monoisotopic (exact) mass is 413 g/mol. The molecule has 0 spiro atoms. The average molecular weight is 413 g/mol. The van der Waals surface area contributed by atoms with Gasteiger partial charge in [0.25, 0.3) is 5.91 Å². The van der Waals surface area contributed by atoms with Crippen LogP contribution in [0.4, 0.5) is 11.6 Å². The van der Waals surface area contributed by atoms with Gasteiger partial charge in [0, 0.05) is 18.3 Å². The molecular formula is C24H23N5O2. The van der Waals surface area contributed by atoms with E-state index in [1.54, 1.807) is 19.4 Å². The zero-order valence-electron chi connectivity index (χ0n) is 17.2. The number of hydrogen-bond acceptors (Lipinski definition) is 4. The van der Waals surface area contributed by atoms with E-state index in [2.05, 4.69) is 44.9 Å². The number of H-pyrrole nitrogens is 2. The molecule has 156 valence electrons. The molecule has 1 aliphatic heterocycles. The maximum Gasteiger partial charge on any atom is 0.256 e. The van der Waals surface area contributed by atoms with Gasteiger partial charge in [-0.1, -0.05) is 30.3 Å². The summed E-state index contributed by atoms with van der Waals surface area (Å²) in [6.45, 7) is 0.802. The SMILES string of the molecule is COc1cc[nH]c1C=C1C(=O)Nc2ccc3[nH]c(NCCCc4ccccc4)nc3c21. The highest BCUT2D eigenvalue weighted by atomic mass is 16.5. The fraction of sp³-hybridized carbons (Fsp3) is 0.167. The summed E-state index contributed by atoms with van der Waals surface area (Å²) in [6, 6.07) is 16.1. The lowest BCUT2D eigenvalue weighted by atomic mass is 10.0. The topological polar surface area (TPSA) is 94.8 Å². The predicted molar refractivity (Wildman–Crippen MR) is 123 cm³/mol. The van der Waals surface area contributed by atoms with Crippen molar-refractivity contribution in [3.05, 3.63) is 71.5 Å². The van der Waals surface area contributed by atoms with Gasteiger partial charge in [-0.15, -0.1) is 0 Å². The second kappa shape index (κ2) is 8.02. The molecule has 4 aromatic rings. The maximum absolute atomic E-state index is 12.7. The molecule has 4 N–H and O–H groups in total. The minimum atomic E-state index is -0.153. The molecule has 0 radical (unpaired) electrons. The van der Waals surface area contributed by atoms with E-state index >= 15 is 0 Å². The van der Waals surface area contributed by atoms with E-state index in [4.69, 9.17) is 9.72 Å². The van der Waals surface area contributed by atoms with Crippen LogP contribution < -0.4 is 15.4 Å². The second-order valence-electron chi connectivity index (χ2n) is 7.46. The normalized spacial score (nSPS) is 14.1. The van der Waals surface area contributed by atoms with Crippen LogP contribution in [0.3, 0.4) is 0 Å². The number of amides is 1. The van der Waals surface area contributed by atoms with E-state index in [1.165, 1.54) is 5.56 Å². The Morgan fingerprint density at radius 2 is 2.00 bits per heavy atom. The van der Waals surface area contributed by atoms with Gasteiger partial charge in [-0.25, -0.2) is 4.98 Å². The number of aryl methyl sites for hydroxylation is 1. The van der Waals surface area contributed by atoms with E-state index in [0.29, 0.717) is 17.3 Å². The first-order valence-corrected chi connectivity index (χ1v) is 10.3. The molecule has 7 nitrogen and oxygen atoms in total. The fourth-order valence-corrected chi connectivity index (χ4v) is 3.92. The van der Waals surface area contributed by atoms with Crippen LogP contribution in [0, 0.1) is 0 Å². The Hall–Kier alpha value is -4.00. The molecule has 31 heavy (non-hydrogen) atoms. The highest BCUT2D eigenvalue weighted by Crippen LogP contribution is 2.39. The number of aromatic amines is 2. The summed E-state index contributed by atoms with van der Waals surface area (Å²) < 4.78 is 5.36. The van der Waals surface area contributed by atoms with Crippen molar-refractivity contribution in [2.45, 2.75) is 12.8 Å². The number of methoxy groups -OCH3 is 1. The zero-order valence-corrected chi connectivity index (χ0v) is 17.2. The van der Waals surface area contributed by atoms with Crippen molar-refractivity contribution in [1.29, 1.82) is 0 Å². The number of aromatic nitrogens is 3. The van der Waals surface area contributed by atoms with Crippen molar-refractivity contribution >= 4 is 40.2 Å². The van der Waals surface area contributed by atoms with Gasteiger partial charge >= 0.3 is 0 Å². The molecule has 5 rings (SSSR count). The van der Waals surface area contributed by atoms with E-state index in [9.17, 15) is 4.79 Å². The Balaban J connectivity index is 1.39. The molecule has 1 amide bonds. The minimum absolute atomic E-state index is 0.153. The summed E-state index contributed by atoms with van der Waals surface area (Å²) in [4.78, 5) is 23.8. The van der Waals surface area contributed by atoms with Crippen molar-refractivity contribution in [2.24, 2.45) is 0 Å². The quantitative estimate of drug-likeness (QED) is 0.266. The molecule has 0 saturated heterocycles. The van der Waals surface area contributed by atoms with Crippen LogP contribution in [-0.4, -0.2) is 34.5 Å². The summed E-state index contributed by atoms with van der Waals surface area (Å²) in [5.41, 5.74) is 5.83.